The summed E-state index contributed by atoms with van der Waals surface area (Å²) in [4.78, 5) is 7.34. The van der Waals surface area contributed by atoms with Gasteiger partial charge in [0.2, 0.25) is 5.89 Å². The molecule has 0 aliphatic rings. The SMILES string of the molecule is c1ccc(-c2nc3c(o2)c(-c2ccc(N(c4ccccc4)c4ccc5c(c4)c4ccccc4n5-c4ccccc4)cc2)cc2ccccc23)cc1. The zero-order valence-corrected chi connectivity index (χ0v) is 27.6. The predicted octanol–water partition coefficient (Wildman–Crippen LogP) is 12.9. The van der Waals surface area contributed by atoms with Gasteiger partial charge in [-0.05, 0) is 89.8 Å². The van der Waals surface area contributed by atoms with Crippen molar-refractivity contribution < 1.29 is 4.42 Å². The smallest absolute Gasteiger partial charge is 0.227 e. The van der Waals surface area contributed by atoms with Crippen molar-refractivity contribution >= 4 is 60.7 Å². The summed E-state index contributed by atoms with van der Waals surface area (Å²) in [5, 5.41) is 4.65. The molecule has 2 aromatic heterocycles. The third-order valence-corrected chi connectivity index (χ3v) is 9.79. The second-order valence-electron chi connectivity index (χ2n) is 12.8. The summed E-state index contributed by atoms with van der Waals surface area (Å²) in [6, 6.07) is 66.2. The molecule has 0 fully saturated rings. The summed E-state index contributed by atoms with van der Waals surface area (Å²) in [5.41, 5.74) is 11.5. The van der Waals surface area contributed by atoms with E-state index in [1.807, 2.05) is 30.3 Å². The zero-order chi connectivity index (χ0) is 33.7. The second kappa shape index (κ2) is 11.9. The molecule has 0 amide bonds. The Kier molecular flexibility index (Phi) is 6.78. The van der Waals surface area contributed by atoms with Crippen LogP contribution in [0.4, 0.5) is 17.1 Å². The monoisotopic (exact) mass is 653 g/mol. The van der Waals surface area contributed by atoms with Gasteiger partial charge in [-0.3, -0.25) is 0 Å². The first-order valence-electron chi connectivity index (χ1n) is 17.2. The minimum atomic E-state index is 0.624. The molecule has 0 aliphatic carbocycles. The lowest BCUT2D eigenvalue weighted by atomic mass is 9.99. The first kappa shape index (κ1) is 29.0. The van der Waals surface area contributed by atoms with Crippen molar-refractivity contribution in [3.63, 3.8) is 0 Å². The number of anilines is 3. The molecule has 0 atom stereocenters. The minimum absolute atomic E-state index is 0.624. The number of fused-ring (bicyclic) bond motifs is 6. The average Bonchev–Trinajstić information content (AvgIpc) is 3.80. The quantitative estimate of drug-likeness (QED) is 0.179. The lowest BCUT2D eigenvalue weighted by Crippen LogP contribution is -2.09. The Morgan fingerprint density at radius 3 is 1.84 bits per heavy atom. The van der Waals surface area contributed by atoms with Gasteiger partial charge in [0.05, 0.1) is 11.0 Å². The lowest BCUT2D eigenvalue weighted by Gasteiger charge is -2.26. The van der Waals surface area contributed by atoms with E-state index in [1.165, 1.54) is 21.8 Å². The van der Waals surface area contributed by atoms with Crippen LogP contribution in [0.2, 0.25) is 0 Å². The number of nitrogens with zero attached hydrogens (tertiary/aromatic N) is 3. The minimum Gasteiger partial charge on any atom is -0.435 e. The topological polar surface area (TPSA) is 34.2 Å². The molecule has 0 unspecified atom stereocenters. The molecular weight excluding hydrogens is 623 g/mol. The summed E-state index contributed by atoms with van der Waals surface area (Å²) in [6.07, 6.45) is 0. The van der Waals surface area contributed by atoms with Crippen LogP contribution in [0.5, 0.6) is 0 Å². The zero-order valence-electron chi connectivity index (χ0n) is 27.6. The Morgan fingerprint density at radius 2 is 1.06 bits per heavy atom. The van der Waals surface area contributed by atoms with E-state index in [-0.39, 0.29) is 0 Å². The van der Waals surface area contributed by atoms with Crippen LogP contribution in [0.3, 0.4) is 0 Å². The first-order valence-corrected chi connectivity index (χ1v) is 17.2. The molecule has 10 rings (SSSR count). The number of hydrogen-bond acceptors (Lipinski definition) is 3. The van der Waals surface area contributed by atoms with Crippen LogP contribution < -0.4 is 4.90 Å². The average molecular weight is 654 g/mol. The van der Waals surface area contributed by atoms with Gasteiger partial charge in [-0.2, -0.15) is 0 Å². The maximum absolute atomic E-state index is 6.55. The number of oxazole rings is 1. The summed E-state index contributed by atoms with van der Waals surface area (Å²) in [5.74, 6) is 0.624. The summed E-state index contributed by atoms with van der Waals surface area (Å²) in [6.45, 7) is 0. The van der Waals surface area contributed by atoms with E-state index in [1.54, 1.807) is 0 Å². The number of para-hydroxylation sites is 3. The van der Waals surface area contributed by atoms with Gasteiger partial charge in [-0.15, -0.1) is 0 Å². The molecular formula is C47H31N3O. The fourth-order valence-corrected chi connectivity index (χ4v) is 7.43. The maximum atomic E-state index is 6.55. The van der Waals surface area contributed by atoms with Gasteiger partial charge in [0.15, 0.2) is 5.58 Å². The van der Waals surface area contributed by atoms with Crippen LogP contribution in [0, 0.1) is 0 Å². The van der Waals surface area contributed by atoms with Gasteiger partial charge in [0.25, 0.3) is 0 Å². The third kappa shape index (κ3) is 4.88. The Bertz CT molecular complexity index is 2840. The van der Waals surface area contributed by atoms with Gasteiger partial charge >= 0.3 is 0 Å². The molecule has 240 valence electrons. The molecule has 0 N–H and O–H groups in total. The molecule has 0 aliphatic heterocycles. The Balaban J connectivity index is 1.12. The number of rotatable bonds is 6. The van der Waals surface area contributed by atoms with Crippen LogP contribution >= 0.6 is 0 Å². The summed E-state index contributed by atoms with van der Waals surface area (Å²) in [7, 11) is 0. The molecule has 2 heterocycles. The molecule has 0 spiro atoms. The Hall–Kier alpha value is -6.91. The highest BCUT2D eigenvalue weighted by Gasteiger charge is 2.19. The highest BCUT2D eigenvalue weighted by molar-refractivity contribution is 6.12. The number of benzene rings is 8. The van der Waals surface area contributed by atoms with E-state index < -0.39 is 0 Å². The lowest BCUT2D eigenvalue weighted by molar-refractivity contribution is 0.621. The van der Waals surface area contributed by atoms with Crippen LogP contribution in [-0.2, 0) is 0 Å². The summed E-state index contributed by atoms with van der Waals surface area (Å²) >= 11 is 0. The van der Waals surface area contributed by atoms with Crippen LogP contribution in [-0.4, -0.2) is 9.55 Å². The number of hydrogen-bond donors (Lipinski definition) is 0. The molecule has 4 heteroatoms. The first-order chi connectivity index (χ1) is 25.3. The van der Waals surface area contributed by atoms with Gasteiger partial charge in [-0.25, -0.2) is 4.98 Å². The van der Waals surface area contributed by atoms with Gasteiger partial charge in [-0.1, -0.05) is 109 Å². The van der Waals surface area contributed by atoms with Crippen molar-refractivity contribution in [1.82, 2.24) is 9.55 Å². The van der Waals surface area contributed by atoms with Gasteiger partial charge < -0.3 is 13.9 Å². The summed E-state index contributed by atoms with van der Waals surface area (Å²) < 4.78 is 8.90. The third-order valence-electron chi connectivity index (χ3n) is 9.79. The van der Waals surface area contributed by atoms with Crippen molar-refractivity contribution in [2.24, 2.45) is 0 Å². The Labute approximate surface area is 295 Å². The molecule has 10 aromatic rings. The van der Waals surface area contributed by atoms with E-state index >= 15 is 0 Å². The second-order valence-corrected chi connectivity index (χ2v) is 12.8. The molecule has 0 radical (unpaired) electrons. The van der Waals surface area contributed by atoms with Crippen LogP contribution in [0.15, 0.2) is 192 Å². The Morgan fingerprint density at radius 1 is 0.451 bits per heavy atom. The van der Waals surface area contributed by atoms with E-state index in [4.69, 9.17) is 9.40 Å². The molecule has 0 saturated heterocycles. The van der Waals surface area contributed by atoms with Crippen LogP contribution in [0.1, 0.15) is 0 Å². The van der Waals surface area contributed by atoms with Crippen molar-refractivity contribution in [1.29, 1.82) is 0 Å². The predicted molar refractivity (Wildman–Crippen MR) is 211 cm³/mol. The van der Waals surface area contributed by atoms with Crippen molar-refractivity contribution in [2.75, 3.05) is 4.90 Å². The van der Waals surface area contributed by atoms with Crippen molar-refractivity contribution in [3.05, 3.63) is 188 Å². The molecule has 4 nitrogen and oxygen atoms in total. The largest absolute Gasteiger partial charge is 0.435 e. The standard InChI is InChI=1S/C47H31N3O/c1-4-14-33(15-5-1)47-48-45-39-21-11-10-16-34(39)30-41(46(45)51-47)32-24-26-37(27-25-32)49(35-17-6-2-7-18-35)38-28-29-44-42(31-38)40-22-12-13-23-43(40)50(44)36-19-8-3-9-20-36/h1-31H. The van der Waals surface area contributed by atoms with Crippen molar-refractivity contribution in [3.8, 4) is 28.3 Å². The van der Waals surface area contributed by atoms with E-state index in [2.05, 4.69) is 167 Å². The van der Waals surface area contributed by atoms with Crippen molar-refractivity contribution in [2.45, 2.75) is 0 Å². The normalized spacial score (nSPS) is 11.5. The molecule has 8 aromatic carbocycles. The molecule has 0 saturated carbocycles. The highest BCUT2D eigenvalue weighted by Crippen LogP contribution is 2.42. The van der Waals surface area contributed by atoms with Crippen LogP contribution in [0.25, 0.3) is 71.9 Å². The fraction of sp³-hybridized carbons (Fsp3) is 0. The molecule has 0 bridgehead atoms. The number of aromatic nitrogens is 2. The van der Waals surface area contributed by atoms with Gasteiger partial charge in [0, 0.05) is 50.0 Å². The van der Waals surface area contributed by atoms with E-state index in [0.29, 0.717) is 5.89 Å². The highest BCUT2D eigenvalue weighted by atomic mass is 16.3. The fourth-order valence-electron chi connectivity index (χ4n) is 7.43. The van der Waals surface area contributed by atoms with E-state index in [9.17, 15) is 0 Å². The van der Waals surface area contributed by atoms with Gasteiger partial charge in [0.1, 0.15) is 5.52 Å². The molecule has 51 heavy (non-hydrogen) atoms. The maximum Gasteiger partial charge on any atom is 0.227 e. The van der Waals surface area contributed by atoms with E-state index in [0.717, 1.165) is 61.3 Å².